The minimum absolute atomic E-state index is 0.350. The standard InChI is InChI=1S/C9H19NO2S/c1-3-4-6-13(2)7-5-8(10)9(11)12/h8H,3-7,10H2,1-2H3/p+1/t8-,13?/m0/s1. The van der Waals surface area contributed by atoms with Crippen LogP contribution in [0.4, 0.5) is 0 Å². The zero-order chi connectivity index (χ0) is 10.3. The molecular formula is C9H20NO2S+. The van der Waals surface area contributed by atoms with E-state index in [2.05, 4.69) is 13.2 Å². The van der Waals surface area contributed by atoms with Crippen molar-refractivity contribution in [2.24, 2.45) is 5.73 Å². The highest BCUT2D eigenvalue weighted by Crippen LogP contribution is 2.01. The molecule has 3 N–H and O–H groups in total. The van der Waals surface area contributed by atoms with E-state index < -0.39 is 12.0 Å². The topological polar surface area (TPSA) is 63.3 Å². The highest BCUT2D eigenvalue weighted by atomic mass is 32.2. The molecule has 3 nitrogen and oxygen atoms in total. The Balaban J connectivity index is 3.45. The van der Waals surface area contributed by atoms with Gasteiger partial charge in [0.25, 0.3) is 0 Å². The quantitative estimate of drug-likeness (QED) is 0.607. The number of carboxylic acid groups (broad SMARTS) is 1. The van der Waals surface area contributed by atoms with Gasteiger partial charge in [-0.3, -0.25) is 4.79 Å². The second kappa shape index (κ2) is 7.21. The normalized spacial score (nSPS) is 15.3. The maximum atomic E-state index is 10.4. The van der Waals surface area contributed by atoms with Gasteiger partial charge in [-0.05, 0) is 17.3 Å². The van der Waals surface area contributed by atoms with Crippen LogP contribution in [0, 0.1) is 0 Å². The molecule has 0 aliphatic heterocycles. The van der Waals surface area contributed by atoms with E-state index in [0.29, 0.717) is 17.3 Å². The van der Waals surface area contributed by atoms with Gasteiger partial charge in [0, 0.05) is 6.42 Å². The summed E-state index contributed by atoms with van der Waals surface area (Å²) < 4.78 is 0. The van der Waals surface area contributed by atoms with Crippen molar-refractivity contribution >= 4 is 16.9 Å². The number of carboxylic acids is 1. The summed E-state index contributed by atoms with van der Waals surface area (Å²) in [6.07, 6.45) is 5.24. The van der Waals surface area contributed by atoms with Crippen LogP contribution in [-0.2, 0) is 15.7 Å². The molecule has 78 valence electrons. The van der Waals surface area contributed by atoms with Gasteiger partial charge in [-0.2, -0.15) is 0 Å². The fourth-order valence-corrected chi connectivity index (χ4v) is 2.59. The number of aliphatic carboxylic acids is 1. The van der Waals surface area contributed by atoms with Crippen molar-refractivity contribution in [3.63, 3.8) is 0 Å². The van der Waals surface area contributed by atoms with Gasteiger partial charge < -0.3 is 10.8 Å². The highest BCUT2D eigenvalue weighted by molar-refractivity contribution is 7.96. The first-order valence-corrected chi connectivity index (χ1v) is 6.62. The zero-order valence-electron chi connectivity index (χ0n) is 8.45. The molecule has 0 aromatic rings. The number of unbranched alkanes of at least 4 members (excludes halogenated alkanes) is 1. The third-order valence-corrected chi connectivity index (χ3v) is 3.86. The molecule has 0 spiro atoms. The van der Waals surface area contributed by atoms with Crippen LogP contribution in [0.3, 0.4) is 0 Å². The van der Waals surface area contributed by atoms with E-state index in [4.69, 9.17) is 10.8 Å². The molecule has 0 rings (SSSR count). The van der Waals surface area contributed by atoms with Gasteiger partial charge in [0.05, 0.1) is 6.26 Å². The maximum Gasteiger partial charge on any atom is 0.320 e. The van der Waals surface area contributed by atoms with E-state index in [1.165, 1.54) is 18.6 Å². The summed E-state index contributed by atoms with van der Waals surface area (Å²) in [5.74, 6) is 1.28. The molecule has 0 aromatic carbocycles. The van der Waals surface area contributed by atoms with Crippen molar-refractivity contribution in [2.45, 2.75) is 32.2 Å². The maximum absolute atomic E-state index is 10.4. The monoisotopic (exact) mass is 206 g/mol. The Bertz CT molecular complexity index is 153. The largest absolute Gasteiger partial charge is 0.480 e. The van der Waals surface area contributed by atoms with Crippen molar-refractivity contribution in [1.82, 2.24) is 0 Å². The molecule has 0 aliphatic rings. The highest BCUT2D eigenvalue weighted by Gasteiger charge is 2.17. The third-order valence-electron chi connectivity index (χ3n) is 1.94. The van der Waals surface area contributed by atoms with Crippen LogP contribution in [0.25, 0.3) is 0 Å². The van der Waals surface area contributed by atoms with Gasteiger partial charge in [-0.1, -0.05) is 13.3 Å². The number of hydrogen-bond acceptors (Lipinski definition) is 2. The molecule has 4 heteroatoms. The first-order chi connectivity index (χ1) is 6.07. The fraction of sp³-hybridized carbons (Fsp3) is 0.889. The van der Waals surface area contributed by atoms with Gasteiger partial charge >= 0.3 is 5.97 Å². The molecule has 0 aliphatic carbocycles. The van der Waals surface area contributed by atoms with Crippen LogP contribution in [0.2, 0.25) is 0 Å². The number of hydrogen-bond donors (Lipinski definition) is 2. The summed E-state index contributed by atoms with van der Waals surface area (Å²) in [4.78, 5) is 10.4. The van der Waals surface area contributed by atoms with Crippen LogP contribution in [0.5, 0.6) is 0 Å². The molecule has 0 amide bonds. The molecule has 0 saturated carbocycles. The first kappa shape index (κ1) is 12.8. The van der Waals surface area contributed by atoms with Gasteiger partial charge in [-0.15, -0.1) is 0 Å². The Morgan fingerprint density at radius 1 is 1.54 bits per heavy atom. The predicted octanol–water partition coefficient (Wildman–Crippen LogP) is 0.837. The second-order valence-electron chi connectivity index (χ2n) is 3.28. The second-order valence-corrected chi connectivity index (χ2v) is 5.66. The minimum atomic E-state index is -0.882. The van der Waals surface area contributed by atoms with Gasteiger partial charge in [0.1, 0.15) is 17.5 Å². The Morgan fingerprint density at radius 2 is 2.15 bits per heavy atom. The van der Waals surface area contributed by atoms with Crippen molar-refractivity contribution in [3.05, 3.63) is 0 Å². The summed E-state index contributed by atoms with van der Waals surface area (Å²) >= 11 is 0. The Morgan fingerprint density at radius 3 is 2.62 bits per heavy atom. The first-order valence-electron chi connectivity index (χ1n) is 4.65. The van der Waals surface area contributed by atoms with Crippen LogP contribution < -0.4 is 5.73 Å². The molecule has 0 radical (unpaired) electrons. The van der Waals surface area contributed by atoms with Crippen molar-refractivity contribution in [2.75, 3.05) is 17.8 Å². The molecule has 0 aromatic heterocycles. The molecular weight excluding hydrogens is 186 g/mol. The van der Waals surface area contributed by atoms with Crippen LogP contribution in [0.1, 0.15) is 26.2 Å². The molecule has 1 unspecified atom stereocenters. The molecule has 0 bridgehead atoms. The van der Waals surface area contributed by atoms with Crippen LogP contribution >= 0.6 is 0 Å². The van der Waals surface area contributed by atoms with E-state index in [1.54, 1.807) is 0 Å². The summed E-state index contributed by atoms with van der Waals surface area (Å²) in [6.45, 7) is 2.17. The molecule has 2 atom stereocenters. The lowest BCUT2D eigenvalue weighted by atomic mass is 10.2. The van der Waals surface area contributed by atoms with Crippen LogP contribution in [-0.4, -0.2) is 34.9 Å². The molecule has 0 saturated heterocycles. The lowest BCUT2D eigenvalue weighted by molar-refractivity contribution is -0.138. The predicted molar refractivity (Wildman–Crippen MR) is 58.2 cm³/mol. The Kier molecular flexibility index (Phi) is 7.09. The third kappa shape index (κ3) is 6.90. The average molecular weight is 206 g/mol. The van der Waals surface area contributed by atoms with E-state index in [-0.39, 0.29) is 0 Å². The molecule has 0 fully saturated rings. The fourth-order valence-electron chi connectivity index (χ4n) is 0.944. The van der Waals surface area contributed by atoms with E-state index in [9.17, 15) is 4.79 Å². The van der Waals surface area contributed by atoms with E-state index in [1.807, 2.05) is 0 Å². The number of nitrogens with two attached hydrogens (primary N) is 1. The smallest absolute Gasteiger partial charge is 0.320 e. The summed E-state index contributed by atoms with van der Waals surface area (Å²) in [5, 5.41) is 8.55. The van der Waals surface area contributed by atoms with E-state index in [0.717, 1.165) is 5.75 Å². The average Bonchev–Trinajstić information content (AvgIpc) is 2.10. The van der Waals surface area contributed by atoms with E-state index >= 15 is 0 Å². The number of rotatable bonds is 7. The van der Waals surface area contributed by atoms with Crippen molar-refractivity contribution < 1.29 is 9.90 Å². The number of carbonyl (C=O) groups is 1. The lowest BCUT2D eigenvalue weighted by Gasteiger charge is -2.05. The van der Waals surface area contributed by atoms with Gasteiger partial charge in [0.2, 0.25) is 0 Å². The zero-order valence-corrected chi connectivity index (χ0v) is 9.27. The minimum Gasteiger partial charge on any atom is -0.480 e. The summed E-state index contributed by atoms with van der Waals surface area (Å²) in [7, 11) is 0.350. The SMILES string of the molecule is CCCC[S+](C)CC[C@H](N)C(=O)O. The molecule has 0 heterocycles. The molecule has 13 heavy (non-hydrogen) atoms. The van der Waals surface area contributed by atoms with Gasteiger partial charge in [0.15, 0.2) is 0 Å². The van der Waals surface area contributed by atoms with Crippen LogP contribution in [0.15, 0.2) is 0 Å². The van der Waals surface area contributed by atoms with Crippen molar-refractivity contribution in [1.29, 1.82) is 0 Å². The summed E-state index contributed by atoms with van der Waals surface area (Å²) in [5.41, 5.74) is 5.40. The Labute approximate surface area is 83.0 Å². The Hall–Kier alpha value is -0.220. The van der Waals surface area contributed by atoms with Gasteiger partial charge in [-0.25, -0.2) is 0 Å². The summed E-state index contributed by atoms with van der Waals surface area (Å²) in [6, 6.07) is -0.670. The lowest BCUT2D eigenvalue weighted by Crippen LogP contribution is -2.32. The van der Waals surface area contributed by atoms with Crippen molar-refractivity contribution in [3.8, 4) is 0 Å².